The van der Waals surface area contributed by atoms with E-state index >= 15 is 0 Å². The molecule has 0 saturated carbocycles. The minimum absolute atomic E-state index is 0.0980. The predicted octanol–water partition coefficient (Wildman–Crippen LogP) is 1.94. The molecule has 2 aliphatic rings. The average Bonchev–Trinajstić information content (AvgIpc) is 2.81. The summed E-state index contributed by atoms with van der Waals surface area (Å²) >= 11 is 0. The number of nitrogens with zero attached hydrogens (tertiary/aromatic N) is 4. The molecule has 0 aromatic carbocycles. The second-order valence-electron chi connectivity index (χ2n) is 6.81. The molecule has 3 rings (SSSR count). The summed E-state index contributed by atoms with van der Waals surface area (Å²) in [5, 5.41) is 0. The van der Waals surface area contributed by atoms with E-state index < -0.39 is 11.6 Å². The van der Waals surface area contributed by atoms with Crippen LogP contribution in [0.4, 0.5) is 10.6 Å². The van der Waals surface area contributed by atoms with Gasteiger partial charge in [-0.05, 0) is 26.7 Å². The van der Waals surface area contributed by atoms with Crippen molar-refractivity contribution in [2.45, 2.75) is 45.1 Å². The first-order valence-electron chi connectivity index (χ1n) is 7.93. The molecule has 7 heteroatoms. The van der Waals surface area contributed by atoms with Crippen LogP contribution in [0.5, 0.6) is 0 Å². The van der Waals surface area contributed by atoms with Gasteiger partial charge in [0.05, 0.1) is 23.6 Å². The number of anilines is 1. The van der Waals surface area contributed by atoms with Crippen LogP contribution in [-0.2, 0) is 9.53 Å². The lowest BCUT2D eigenvalue weighted by Crippen LogP contribution is -2.42. The Morgan fingerprint density at radius 3 is 2.70 bits per heavy atom. The molecule has 7 nitrogen and oxygen atoms in total. The largest absolute Gasteiger partial charge is 0.447 e. The van der Waals surface area contributed by atoms with Crippen LogP contribution in [0, 0.1) is 0 Å². The Morgan fingerprint density at radius 1 is 1.35 bits per heavy atom. The van der Waals surface area contributed by atoms with Crippen molar-refractivity contribution in [2.75, 3.05) is 24.6 Å². The molecular formula is C16H22N4O3. The van der Waals surface area contributed by atoms with Crippen LogP contribution < -0.4 is 4.90 Å². The number of piperidine rings is 1. The molecule has 2 fully saturated rings. The smallest absolute Gasteiger partial charge is 0.416 e. The number of aromatic nitrogens is 2. The molecule has 0 bridgehead atoms. The van der Waals surface area contributed by atoms with E-state index in [1.54, 1.807) is 19.3 Å². The van der Waals surface area contributed by atoms with Crippen LogP contribution in [0.3, 0.4) is 0 Å². The molecule has 2 aliphatic heterocycles. The van der Waals surface area contributed by atoms with Crippen LogP contribution >= 0.6 is 0 Å². The summed E-state index contributed by atoms with van der Waals surface area (Å²) in [6.45, 7) is 7.29. The van der Waals surface area contributed by atoms with E-state index in [1.807, 2.05) is 18.7 Å². The molecule has 0 N–H and O–H groups in total. The van der Waals surface area contributed by atoms with Gasteiger partial charge in [0, 0.05) is 25.9 Å². The van der Waals surface area contributed by atoms with Gasteiger partial charge in [-0.3, -0.25) is 14.7 Å². The standard InChI is InChI=1S/C16H22N4O3/c1-11(21)19-6-4-5-12(9-19)13-7-18-14(8-17-13)20-15(22)23-10-16(20,2)3/h7-8,12H,4-6,9-10H2,1-3H3/t12-/m1/s1. The Balaban J connectivity index is 1.77. The number of hydrogen-bond acceptors (Lipinski definition) is 5. The number of hydrogen-bond donors (Lipinski definition) is 0. The van der Waals surface area contributed by atoms with Crippen molar-refractivity contribution in [1.29, 1.82) is 0 Å². The lowest BCUT2D eigenvalue weighted by atomic mass is 9.95. The molecule has 3 heterocycles. The molecule has 0 unspecified atom stereocenters. The van der Waals surface area contributed by atoms with E-state index in [2.05, 4.69) is 9.97 Å². The topological polar surface area (TPSA) is 75.6 Å². The fourth-order valence-corrected chi connectivity index (χ4v) is 3.18. The van der Waals surface area contributed by atoms with E-state index in [-0.39, 0.29) is 11.8 Å². The van der Waals surface area contributed by atoms with Crippen molar-refractivity contribution < 1.29 is 14.3 Å². The number of rotatable bonds is 2. The Labute approximate surface area is 135 Å². The molecule has 1 aromatic heterocycles. The summed E-state index contributed by atoms with van der Waals surface area (Å²) in [4.78, 5) is 35.7. The summed E-state index contributed by atoms with van der Waals surface area (Å²) in [7, 11) is 0. The van der Waals surface area contributed by atoms with Gasteiger partial charge in [0.15, 0.2) is 5.82 Å². The van der Waals surface area contributed by atoms with Crippen molar-refractivity contribution in [2.24, 2.45) is 0 Å². The first-order chi connectivity index (χ1) is 10.9. The van der Waals surface area contributed by atoms with Crippen LogP contribution in [-0.4, -0.2) is 52.1 Å². The zero-order valence-corrected chi connectivity index (χ0v) is 13.8. The maximum absolute atomic E-state index is 11.9. The van der Waals surface area contributed by atoms with Gasteiger partial charge >= 0.3 is 6.09 Å². The molecule has 124 valence electrons. The highest BCUT2D eigenvalue weighted by molar-refractivity contribution is 5.89. The van der Waals surface area contributed by atoms with Gasteiger partial charge in [-0.2, -0.15) is 0 Å². The van der Waals surface area contributed by atoms with Crippen LogP contribution in [0.15, 0.2) is 12.4 Å². The zero-order valence-electron chi connectivity index (χ0n) is 13.8. The lowest BCUT2D eigenvalue weighted by Gasteiger charge is -2.32. The van der Waals surface area contributed by atoms with E-state index in [0.717, 1.165) is 25.1 Å². The summed E-state index contributed by atoms with van der Waals surface area (Å²) in [5.41, 5.74) is 0.439. The fourth-order valence-electron chi connectivity index (χ4n) is 3.18. The second-order valence-corrected chi connectivity index (χ2v) is 6.81. The highest BCUT2D eigenvalue weighted by Crippen LogP contribution is 2.30. The van der Waals surface area contributed by atoms with Gasteiger partial charge in [0.1, 0.15) is 6.61 Å². The van der Waals surface area contributed by atoms with E-state index in [4.69, 9.17) is 4.74 Å². The summed E-state index contributed by atoms with van der Waals surface area (Å²) in [6, 6.07) is 0. The van der Waals surface area contributed by atoms with Gasteiger partial charge in [-0.1, -0.05) is 0 Å². The molecule has 1 atom stereocenters. The maximum atomic E-state index is 11.9. The van der Waals surface area contributed by atoms with Crippen molar-refractivity contribution >= 4 is 17.8 Å². The normalized spacial score (nSPS) is 23.8. The van der Waals surface area contributed by atoms with Crippen LogP contribution in [0.1, 0.15) is 45.2 Å². The fraction of sp³-hybridized carbons (Fsp3) is 0.625. The van der Waals surface area contributed by atoms with Gasteiger partial charge in [-0.25, -0.2) is 9.78 Å². The number of ether oxygens (including phenoxy) is 1. The third-order valence-corrected chi connectivity index (χ3v) is 4.51. The van der Waals surface area contributed by atoms with Crippen molar-refractivity contribution in [3.8, 4) is 0 Å². The number of carbonyl (C=O) groups is 2. The molecule has 0 spiro atoms. The highest BCUT2D eigenvalue weighted by Gasteiger charge is 2.42. The maximum Gasteiger partial charge on any atom is 0.416 e. The Kier molecular flexibility index (Phi) is 3.95. The molecule has 2 saturated heterocycles. The molecule has 0 radical (unpaired) electrons. The Hall–Kier alpha value is -2.18. The van der Waals surface area contributed by atoms with E-state index in [1.165, 1.54) is 4.90 Å². The van der Waals surface area contributed by atoms with Gasteiger partial charge in [-0.15, -0.1) is 0 Å². The highest BCUT2D eigenvalue weighted by atomic mass is 16.6. The number of cyclic esters (lactones) is 1. The minimum atomic E-state index is -0.427. The SMILES string of the molecule is CC(=O)N1CCC[C@@H](c2cnc(N3C(=O)OCC3(C)C)cn2)C1. The Morgan fingerprint density at radius 2 is 2.13 bits per heavy atom. The first-order valence-corrected chi connectivity index (χ1v) is 7.93. The molecule has 23 heavy (non-hydrogen) atoms. The van der Waals surface area contributed by atoms with Gasteiger partial charge in [0.25, 0.3) is 0 Å². The predicted molar refractivity (Wildman–Crippen MR) is 84.2 cm³/mol. The van der Waals surface area contributed by atoms with Gasteiger partial charge in [0.2, 0.25) is 5.91 Å². The molecule has 2 amide bonds. The van der Waals surface area contributed by atoms with Crippen molar-refractivity contribution in [3.63, 3.8) is 0 Å². The van der Waals surface area contributed by atoms with Crippen LogP contribution in [0.25, 0.3) is 0 Å². The minimum Gasteiger partial charge on any atom is -0.447 e. The average molecular weight is 318 g/mol. The quantitative estimate of drug-likeness (QED) is 0.833. The molecule has 1 aromatic rings. The number of amides is 2. The summed E-state index contributed by atoms with van der Waals surface area (Å²) in [6.07, 6.45) is 4.91. The Bertz CT molecular complexity index is 614. The van der Waals surface area contributed by atoms with Crippen molar-refractivity contribution in [1.82, 2.24) is 14.9 Å². The van der Waals surface area contributed by atoms with Crippen LogP contribution in [0.2, 0.25) is 0 Å². The van der Waals surface area contributed by atoms with E-state index in [0.29, 0.717) is 19.0 Å². The third-order valence-electron chi connectivity index (χ3n) is 4.51. The zero-order chi connectivity index (χ0) is 16.6. The van der Waals surface area contributed by atoms with Gasteiger partial charge < -0.3 is 9.64 Å². The summed E-state index contributed by atoms with van der Waals surface area (Å²) in [5.74, 6) is 0.800. The molecular weight excluding hydrogens is 296 g/mol. The molecule has 0 aliphatic carbocycles. The lowest BCUT2D eigenvalue weighted by molar-refractivity contribution is -0.130. The summed E-state index contributed by atoms with van der Waals surface area (Å²) < 4.78 is 5.10. The second kappa shape index (κ2) is 5.79. The number of carbonyl (C=O) groups excluding carboxylic acids is 2. The third kappa shape index (κ3) is 3.00. The van der Waals surface area contributed by atoms with E-state index in [9.17, 15) is 9.59 Å². The number of likely N-dealkylation sites (tertiary alicyclic amines) is 1. The monoisotopic (exact) mass is 318 g/mol. The first kappa shape index (κ1) is 15.7. The van der Waals surface area contributed by atoms with Crippen molar-refractivity contribution in [3.05, 3.63) is 18.1 Å².